The summed E-state index contributed by atoms with van der Waals surface area (Å²) >= 11 is 0. The molecule has 0 aliphatic rings. The van der Waals surface area contributed by atoms with Crippen molar-refractivity contribution in [3.63, 3.8) is 0 Å². The normalized spacial score (nSPS) is 9.00. The van der Waals surface area contributed by atoms with Crippen molar-refractivity contribution >= 4 is 5.95 Å². The van der Waals surface area contributed by atoms with E-state index in [0.717, 1.165) is 12.4 Å². The highest BCUT2D eigenvalue weighted by Crippen LogP contribution is 1.97. The van der Waals surface area contributed by atoms with Gasteiger partial charge in [0.1, 0.15) is 6.61 Å². The minimum absolute atomic E-state index is 0.0980. The number of halogens is 1. The van der Waals surface area contributed by atoms with Crippen molar-refractivity contribution in [1.29, 1.82) is 0 Å². The molecule has 0 amide bonds. The maximum absolute atomic E-state index is 12.2. The van der Waals surface area contributed by atoms with Gasteiger partial charge in [0, 0.05) is 0 Å². The lowest BCUT2D eigenvalue weighted by atomic mass is 10.6. The molecule has 0 atom stereocenters. The van der Waals surface area contributed by atoms with E-state index in [1.54, 1.807) is 0 Å². The molecule has 4 nitrogen and oxygen atoms in total. The van der Waals surface area contributed by atoms with E-state index in [2.05, 4.69) is 26.2 Å². The van der Waals surface area contributed by atoms with Crippen LogP contribution in [0, 0.1) is 18.2 Å². The zero-order chi connectivity index (χ0) is 8.81. The first kappa shape index (κ1) is 8.43. The minimum atomic E-state index is -0.502. The Bertz CT molecular complexity index is 280. The molecule has 1 aromatic rings. The van der Waals surface area contributed by atoms with E-state index in [-0.39, 0.29) is 12.6 Å². The highest BCUT2D eigenvalue weighted by molar-refractivity contribution is 5.18. The van der Waals surface area contributed by atoms with Gasteiger partial charge in [-0.15, -0.1) is 6.42 Å². The molecule has 62 valence electrons. The third kappa shape index (κ3) is 2.52. The van der Waals surface area contributed by atoms with Crippen molar-refractivity contribution in [3.05, 3.63) is 18.2 Å². The molecule has 0 aromatic carbocycles. The van der Waals surface area contributed by atoms with Crippen LogP contribution in [0.3, 0.4) is 0 Å². The van der Waals surface area contributed by atoms with Crippen LogP contribution in [0.15, 0.2) is 12.4 Å². The lowest BCUT2D eigenvalue weighted by Gasteiger charge is -2.00. The van der Waals surface area contributed by atoms with Gasteiger partial charge >= 0.3 is 0 Å². The van der Waals surface area contributed by atoms with Gasteiger partial charge in [0.05, 0.1) is 12.4 Å². The highest BCUT2D eigenvalue weighted by Gasteiger charge is 1.94. The number of hydrogen-bond donors (Lipinski definition) is 1. The Balaban J connectivity index is 2.43. The fourth-order valence-electron chi connectivity index (χ4n) is 0.507. The van der Waals surface area contributed by atoms with Crippen molar-refractivity contribution < 1.29 is 9.23 Å². The van der Waals surface area contributed by atoms with Gasteiger partial charge < -0.3 is 0 Å². The average Bonchev–Trinajstić information content (AvgIpc) is 2.09. The lowest BCUT2D eigenvalue weighted by Crippen LogP contribution is -2.04. The molecule has 0 saturated heterocycles. The molecule has 0 saturated carbocycles. The van der Waals surface area contributed by atoms with Gasteiger partial charge in [0.2, 0.25) is 5.95 Å². The van der Waals surface area contributed by atoms with E-state index < -0.39 is 5.82 Å². The first-order valence-corrected chi connectivity index (χ1v) is 3.11. The van der Waals surface area contributed by atoms with Gasteiger partial charge in [-0.1, -0.05) is 5.92 Å². The molecule has 1 rings (SSSR count). The summed E-state index contributed by atoms with van der Waals surface area (Å²) in [5.74, 6) is 1.91. The van der Waals surface area contributed by atoms with Crippen LogP contribution < -0.4 is 5.48 Å². The molecule has 0 radical (unpaired) electrons. The topological polar surface area (TPSA) is 47.0 Å². The molecule has 12 heavy (non-hydrogen) atoms. The van der Waals surface area contributed by atoms with Gasteiger partial charge in [-0.2, -0.15) is 0 Å². The van der Waals surface area contributed by atoms with Crippen LogP contribution in [-0.4, -0.2) is 16.6 Å². The van der Waals surface area contributed by atoms with Crippen LogP contribution in [0.4, 0.5) is 10.3 Å². The first-order chi connectivity index (χ1) is 5.83. The monoisotopic (exact) mass is 167 g/mol. The Kier molecular flexibility index (Phi) is 2.99. The van der Waals surface area contributed by atoms with Gasteiger partial charge in [-0.05, 0) is 0 Å². The van der Waals surface area contributed by atoms with Crippen molar-refractivity contribution in [1.82, 2.24) is 9.97 Å². The van der Waals surface area contributed by atoms with Crippen LogP contribution >= 0.6 is 0 Å². The summed E-state index contributed by atoms with van der Waals surface area (Å²) in [4.78, 5) is 11.8. The van der Waals surface area contributed by atoms with Crippen LogP contribution in [0.25, 0.3) is 0 Å². The molecule has 1 N–H and O–H groups in total. The second kappa shape index (κ2) is 4.26. The molecule has 1 heterocycles. The fraction of sp³-hybridized carbons (Fsp3) is 0.143. The maximum Gasteiger partial charge on any atom is 0.247 e. The van der Waals surface area contributed by atoms with Gasteiger partial charge in [0.15, 0.2) is 5.82 Å². The summed E-state index contributed by atoms with van der Waals surface area (Å²) in [6, 6.07) is 0. The molecule has 0 aliphatic carbocycles. The number of anilines is 1. The Labute approximate surface area is 68.7 Å². The van der Waals surface area contributed by atoms with E-state index >= 15 is 0 Å². The van der Waals surface area contributed by atoms with Gasteiger partial charge in [-0.3, -0.25) is 4.84 Å². The third-order valence-corrected chi connectivity index (χ3v) is 0.939. The number of nitrogens with one attached hydrogen (secondary N) is 1. The van der Waals surface area contributed by atoms with Crippen molar-refractivity contribution in [3.8, 4) is 12.3 Å². The number of terminal acetylenes is 1. The molecule has 0 bridgehead atoms. The minimum Gasteiger partial charge on any atom is -0.261 e. The summed E-state index contributed by atoms with van der Waals surface area (Å²) in [5, 5.41) is 0. The Morgan fingerprint density at radius 2 is 2.25 bits per heavy atom. The molecular weight excluding hydrogens is 161 g/mol. The Morgan fingerprint density at radius 1 is 1.58 bits per heavy atom. The molecule has 0 fully saturated rings. The predicted molar refractivity (Wildman–Crippen MR) is 40.4 cm³/mol. The zero-order valence-electron chi connectivity index (χ0n) is 6.12. The summed E-state index contributed by atoms with van der Waals surface area (Å²) in [5.41, 5.74) is 2.34. The van der Waals surface area contributed by atoms with Crippen LogP contribution in [-0.2, 0) is 4.84 Å². The van der Waals surface area contributed by atoms with Gasteiger partial charge in [0.25, 0.3) is 0 Å². The van der Waals surface area contributed by atoms with Crippen LogP contribution in [0.5, 0.6) is 0 Å². The number of rotatable bonds is 3. The number of aromatic nitrogens is 2. The predicted octanol–water partition coefficient (Wildman–Crippen LogP) is 0.592. The van der Waals surface area contributed by atoms with Crippen LogP contribution in [0.2, 0.25) is 0 Å². The van der Waals surface area contributed by atoms with Crippen LogP contribution in [0.1, 0.15) is 0 Å². The summed E-state index contributed by atoms with van der Waals surface area (Å²) in [7, 11) is 0. The molecule has 5 heteroatoms. The molecule has 1 aromatic heterocycles. The summed E-state index contributed by atoms with van der Waals surface area (Å²) in [6.07, 6.45) is 6.95. The fourth-order valence-corrected chi connectivity index (χ4v) is 0.507. The SMILES string of the molecule is C#CCONc1ncc(F)cn1. The summed E-state index contributed by atoms with van der Waals surface area (Å²) in [6.45, 7) is 0.0980. The van der Waals surface area contributed by atoms with Crippen molar-refractivity contribution in [2.45, 2.75) is 0 Å². The quantitative estimate of drug-likeness (QED) is 0.406. The zero-order valence-corrected chi connectivity index (χ0v) is 6.12. The molecule has 0 aliphatic heterocycles. The summed E-state index contributed by atoms with van der Waals surface area (Å²) < 4.78 is 12.2. The molecular formula is C7H6FN3O. The van der Waals surface area contributed by atoms with E-state index in [1.165, 1.54) is 0 Å². The maximum atomic E-state index is 12.2. The molecule has 0 unspecified atom stereocenters. The Morgan fingerprint density at radius 3 is 2.83 bits per heavy atom. The first-order valence-electron chi connectivity index (χ1n) is 3.11. The van der Waals surface area contributed by atoms with E-state index in [4.69, 9.17) is 6.42 Å². The van der Waals surface area contributed by atoms with E-state index in [9.17, 15) is 4.39 Å². The second-order valence-corrected chi connectivity index (χ2v) is 1.82. The second-order valence-electron chi connectivity index (χ2n) is 1.82. The third-order valence-electron chi connectivity index (χ3n) is 0.939. The standard InChI is InChI=1S/C7H6FN3O/c1-2-3-12-11-7-9-4-6(8)5-10-7/h1,4-5H,3H2,(H,9,10,11). The smallest absolute Gasteiger partial charge is 0.247 e. The van der Waals surface area contributed by atoms with E-state index in [0.29, 0.717) is 0 Å². The van der Waals surface area contributed by atoms with E-state index in [1.807, 2.05) is 0 Å². The number of nitrogens with zero attached hydrogens (tertiary/aromatic N) is 2. The Hall–Kier alpha value is -1.67. The lowest BCUT2D eigenvalue weighted by molar-refractivity contribution is 0.230. The number of hydrogen-bond acceptors (Lipinski definition) is 4. The van der Waals surface area contributed by atoms with Crippen molar-refractivity contribution in [2.24, 2.45) is 0 Å². The van der Waals surface area contributed by atoms with Crippen molar-refractivity contribution in [2.75, 3.05) is 12.1 Å². The average molecular weight is 167 g/mol. The molecule has 0 spiro atoms. The highest BCUT2D eigenvalue weighted by atomic mass is 19.1. The van der Waals surface area contributed by atoms with Gasteiger partial charge in [-0.25, -0.2) is 19.8 Å². The largest absolute Gasteiger partial charge is 0.261 e.